The summed E-state index contributed by atoms with van der Waals surface area (Å²) >= 11 is 0. The number of rotatable bonds is 4. The second-order valence-electron chi connectivity index (χ2n) is 7.10. The molecule has 146 valence electrons. The maximum absolute atomic E-state index is 12.8. The molecule has 2 aromatic heterocycles. The summed E-state index contributed by atoms with van der Waals surface area (Å²) in [5, 5.41) is 11.8. The third-order valence-corrected chi connectivity index (χ3v) is 5.07. The zero-order valence-corrected chi connectivity index (χ0v) is 17.1. The van der Waals surface area contributed by atoms with Crippen molar-refractivity contribution < 1.29 is 4.79 Å². The van der Waals surface area contributed by atoms with E-state index in [-0.39, 0.29) is 11.5 Å². The fourth-order valence-electron chi connectivity index (χ4n) is 3.33. The van der Waals surface area contributed by atoms with Gasteiger partial charge in [-0.15, -0.1) is 0 Å². The second kappa shape index (κ2) is 7.42. The molecule has 0 spiro atoms. The normalized spacial score (nSPS) is 12.1. The van der Waals surface area contributed by atoms with E-state index in [1.54, 1.807) is 17.7 Å². The summed E-state index contributed by atoms with van der Waals surface area (Å²) in [6.45, 7) is 9.39. The third-order valence-electron chi connectivity index (χ3n) is 5.07. The molecule has 1 aromatic carbocycles. The van der Waals surface area contributed by atoms with Crippen LogP contribution in [0.4, 0.5) is 5.69 Å². The van der Waals surface area contributed by atoms with E-state index in [9.17, 15) is 9.59 Å². The Morgan fingerprint density at radius 2 is 1.68 bits per heavy atom. The van der Waals surface area contributed by atoms with Crippen molar-refractivity contribution in [1.29, 1.82) is 0 Å². The molecule has 7 nitrogen and oxygen atoms in total. The van der Waals surface area contributed by atoms with Crippen molar-refractivity contribution >= 4 is 11.6 Å². The van der Waals surface area contributed by atoms with Crippen molar-refractivity contribution in [3.63, 3.8) is 0 Å². The van der Waals surface area contributed by atoms with Gasteiger partial charge < -0.3 is 5.32 Å². The highest BCUT2D eigenvalue weighted by Crippen LogP contribution is 2.24. The van der Waals surface area contributed by atoms with Crippen LogP contribution in [-0.4, -0.2) is 25.5 Å². The molecule has 0 aliphatic heterocycles. The third kappa shape index (κ3) is 3.47. The van der Waals surface area contributed by atoms with E-state index in [1.165, 1.54) is 10.7 Å². The summed E-state index contributed by atoms with van der Waals surface area (Å²) in [6, 6.07) is 8.17. The molecule has 0 aliphatic carbocycles. The molecule has 1 unspecified atom stereocenters. The monoisotopic (exact) mass is 379 g/mol. The first kappa shape index (κ1) is 19.5. The smallest absolute Gasteiger partial charge is 0.267 e. The van der Waals surface area contributed by atoms with Crippen molar-refractivity contribution in [2.75, 3.05) is 5.32 Å². The largest absolute Gasteiger partial charge is 0.324 e. The molecule has 0 saturated heterocycles. The number of anilines is 1. The molecule has 3 aromatic rings. The maximum Gasteiger partial charge on any atom is 0.267 e. The Balaban J connectivity index is 1.97. The van der Waals surface area contributed by atoms with Gasteiger partial charge in [-0.05, 0) is 51.8 Å². The molecule has 0 fully saturated rings. The number of amides is 1. The van der Waals surface area contributed by atoms with Crippen molar-refractivity contribution in [3.05, 3.63) is 63.2 Å². The lowest BCUT2D eigenvalue weighted by Gasteiger charge is -2.17. The van der Waals surface area contributed by atoms with Crippen LogP contribution in [0.25, 0.3) is 11.3 Å². The fraction of sp³-hybridized carbons (Fsp3) is 0.333. The fourth-order valence-corrected chi connectivity index (χ4v) is 3.33. The minimum absolute atomic E-state index is 0.288. The number of para-hydroxylation sites is 1. The number of carbonyl (C=O) groups is 1. The van der Waals surface area contributed by atoms with Crippen LogP contribution in [0.15, 0.2) is 35.1 Å². The molecule has 1 N–H and O–H groups in total. The van der Waals surface area contributed by atoms with Crippen molar-refractivity contribution in [1.82, 2.24) is 19.6 Å². The van der Waals surface area contributed by atoms with Crippen molar-refractivity contribution in [2.45, 2.75) is 40.7 Å². The van der Waals surface area contributed by atoms with Crippen molar-refractivity contribution in [3.8, 4) is 11.3 Å². The van der Waals surface area contributed by atoms with Crippen LogP contribution in [-0.2, 0) is 11.8 Å². The van der Waals surface area contributed by atoms with Crippen molar-refractivity contribution in [2.24, 2.45) is 7.05 Å². The van der Waals surface area contributed by atoms with E-state index in [1.807, 2.05) is 52.9 Å². The summed E-state index contributed by atoms with van der Waals surface area (Å²) in [5.74, 6) is -0.288. The summed E-state index contributed by atoms with van der Waals surface area (Å²) in [6.07, 6.45) is 0. The van der Waals surface area contributed by atoms with Gasteiger partial charge in [0, 0.05) is 30.1 Å². The van der Waals surface area contributed by atoms with Crippen LogP contribution >= 0.6 is 0 Å². The number of nitrogens with one attached hydrogen (secondary N) is 1. The van der Waals surface area contributed by atoms with E-state index in [0.717, 1.165) is 33.8 Å². The molecule has 28 heavy (non-hydrogen) atoms. The van der Waals surface area contributed by atoms with Gasteiger partial charge in [-0.2, -0.15) is 10.2 Å². The van der Waals surface area contributed by atoms with Gasteiger partial charge in [0.25, 0.3) is 5.56 Å². The molecule has 7 heteroatoms. The van der Waals surface area contributed by atoms with Crippen LogP contribution in [0.5, 0.6) is 0 Å². The Kier molecular flexibility index (Phi) is 5.18. The Morgan fingerprint density at radius 3 is 2.25 bits per heavy atom. The molecule has 0 radical (unpaired) electrons. The second-order valence-corrected chi connectivity index (χ2v) is 7.10. The van der Waals surface area contributed by atoms with E-state index >= 15 is 0 Å². The SMILES string of the molecule is Cc1cccc(C)c1NC(=O)C(C)n1nc(-c2c(C)nn(C)c2C)ccc1=O. The van der Waals surface area contributed by atoms with Gasteiger partial charge in [0.15, 0.2) is 0 Å². The zero-order valence-electron chi connectivity index (χ0n) is 17.1. The van der Waals surface area contributed by atoms with Crippen LogP contribution in [0, 0.1) is 27.7 Å². The lowest BCUT2D eigenvalue weighted by Crippen LogP contribution is -2.33. The molecule has 3 rings (SSSR count). The minimum atomic E-state index is -0.760. The molecule has 1 amide bonds. The molecular weight excluding hydrogens is 354 g/mol. The summed E-state index contributed by atoms with van der Waals surface area (Å²) in [7, 11) is 1.86. The highest BCUT2D eigenvalue weighted by molar-refractivity contribution is 5.94. The van der Waals surface area contributed by atoms with E-state index in [0.29, 0.717) is 5.69 Å². The van der Waals surface area contributed by atoms with Gasteiger partial charge in [0.2, 0.25) is 5.91 Å². The summed E-state index contributed by atoms with van der Waals surface area (Å²) in [5.41, 5.74) is 5.64. The topological polar surface area (TPSA) is 81.8 Å². The molecular formula is C21H25N5O2. The number of nitrogens with zero attached hydrogens (tertiary/aromatic N) is 4. The summed E-state index contributed by atoms with van der Waals surface area (Å²) in [4.78, 5) is 25.2. The number of hydrogen-bond acceptors (Lipinski definition) is 4. The van der Waals surface area contributed by atoms with Gasteiger partial charge in [0.05, 0.1) is 11.4 Å². The Labute approximate surface area is 164 Å². The van der Waals surface area contributed by atoms with Gasteiger partial charge >= 0.3 is 0 Å². The minimum Gasteiger partial charge on any atom is -0.324 e. The summed E-state index contributed by atoms with van der Waals surface area (Å²) < 4.78 is 3.00. The molecule has 1 atom stereocenters. The first-order chi connectivity index (χ1) is 13.2. The van der Waals surface area contributed by atoms with Crippen LogP contribution in [0.1, 0.15) is 35.5 Å². The van der Waals surface area contributed by atoms with E-state index < -0.39 is 6.04 Å². The first-order valence-corrected chi connectivity index (χ1v) is 9.18. The number of carbonyl (C=O) groups excluding carboxylic acids is 1. The first-order valence-electron chi connectivity index (χ1n) is 9.18. The number of aryl methyl sites for hydroxylation is 4. The van der Waals surface area contributed by atoms with Crippen LogP contribution in [0.3, 0.4) is 0 Å². The lowest BCUT2D eigenvalue weighted by molar-refractivity contribution is -0.119. The lowest BCUT2D eigenvalue weighted by atomic mass is 10.1. The van der Waals surface area contributed by atoms with Crippen LogP contribution in [0.2, 0.25) is 0 Å². The molecule has 0 saturated carbocycles. The number of aromatic nitrogens is 4. The average molecular weight is 379 g/mol. The molecule has 0 aliphatic rings. The molecule has 0 bridgehead atoms. The average Bonchev–Trinajstić information content (AvgIpc) is 2.90. The number of hydrogen-bond donors (Lipinski definition) is 1. The van der Waals surface area contributed by atoms with Gasteiger partial charge in [0.1, 0.15) is 6.04 Å². The molecule has 2 heterocycles. The predicted molar refractivity (Wildman–Crippen MR) is 109 cm³/mol. The highest BCUT2D eigenvalue weighted by atomic mass is 16.2. The Morgan fingerprint density at radius 1 is 1.04 bits per heavy atom. The maximum atomic E-state index is 12.8. The Bertz CT molecular complexity index is 1090. The quantitative estimate of drug-likeness (QED) is 0.755. The van der Waals surface area contributed by atoms with Gasteiger partial charge in [-0.3, -0.25) is 14.3 Å². The van der Waals surface area contributed by atoms with Gasteiger partial charge in [-0.1, -0.05) is 18.2 Å². The standard InChI is InChI=1S/C21H25N5O2/c1-12-8-7-9-13(2)20(12)22-21(28)16(5)26-18(27)11-10-17(24-26)19-14(3)23-25(6)15(19)4/h7-11,16H,1-6H3,(H,22,28). The van der Waals surface area contributed by atoms with Crippen LogP contribution < -0.4 is 10.9 Å². The van der Waals surface area contributed by atoms with E-state index in [4.69, 9.17) is 0 Å². The highest BCUT2D eigenvalue weighted by Gasteiger charge is 2.21. The number of benzene rings is 1. The predicted octanol–water partition coefficient (Wildman–Crippen LogP) is 3.08. The van der Waals surface area contributed by atoms with Gasteiger partial charge in [-0.25, -0.2) is 4.68 Å². The Hall–Kier alpha value is -3.22. The zero-order chi connectivity index (χ0) is 20.6. The van der Waals surface area contributed by atoms with E-state index in [2.05, 4.69) is 15.5 Å².